The second-order valence-corrected chi connectivity index (χ2v) is 7.15. The largest absolute Gasteiger partial charge is 0.353 e. The monoisotopic (exact) mass is 381 g/mol. The Kier molecular flexibility index (Phi) is 6.47. The number of anilines is 1. The summed E-state index contributed by atoms with van der Waals surface area (Å²) in [6.45, 7) is 7.15. The zero-order valence-corrected chi connectivity index (χ0v) is 16.4. The van der Waals surface area contributed by atoms with Crippen molar-refractivity contribution in [2.75, 3.05) is 31.1 Å². The molecule has 0 radical (unpaired) electrons. The molecule has 0 spiro atoms. The second-order valence-electron chi connectivity index (χ2n) is 7.15. The minimum Gasteiger partial charge on any atom is -0.353 e. The van der Waals surface area contributed by atoms with E-state index >= 15 is 0 Å². The van der Waals surface area contributed by atoms with E-state index in [2.05, 4.69) is 20.5 Å². The number of nitrogens with zero attached hydrogens (tertiary/aromatic N) is 3. The Hall–Kier alpha value is -3.09. The van der Waals surface area contributed by atoms with Crippen molar-refractivity contribution >= 4 is 17.8 Å². The lowest BCUT2D eigenvalue weighted by molar-refractivity contribution is 0.0746. The van der Waals surface area contributed by atoms with E-state index in [1.165, 1.54) is 0 Å². The normalized spacial score (nSPS) is 14.1. The number of amides is 3. The number of piperazine rings is 1. The number of aromatic nitrogens is 1. The fourth-order valence-electron chi connectivity index (χ4n) is 3.12. The molecule has 1 aromatic heterocycles. The molecule has 2 heterocycles. The van der Waals surface area contributed by atoms with Crippen LogP contribution in [0.15, 0.2) is 48.7 Å². The topological polar surface area (TPSA) is 77.6 Å². The van der Waals surface area contributed by atoms with Crippen molar-refractivity contribution in [1.29, 1.82) is 0 Å². The summed E-state index contributed by atoms with van der Waals surface area (Å²) in [5, 5.41) is 5.59. The van der Waals surface area contributed by atoms with Crippen LogP contribution in [0.3, 0.4) is 0 Å². The van der Waals surface area contributed by atoms with Crippen LogP contribution in [-0.2, 0) is 6.54 Å². The molecule has 2 aromatic rings. The highest BCUT2D eigenvalue weighted by Gasteiger charge is 2.22. The Labute approximate surface area is 165 Å². The maximum atomic E-state index is 12.8. The molecule has 0 unspecified atom stereocenters. The van der Waals surface area contributed by atoms with Crippen LogP contribution in [0.25, 0.3) is 0 Å². The van der Waals surface area contributed by atoms with E-state index in [0.29, 0.717) is 25.2 Å². The van der Waals surface area contributed by atoms with E-state index in [9.17, 15) is 9.59 Å². The average molecular weight is 381 g/mol. The Morgan fingerprint density at radius 3 is 2.36 bits per heavy atom. The van der Waals surface area contributed by atoms with Crippen molar-refractivity contribution in [3.05, 3.63) is 59.8 Å². The summed E-state index contributed by atoms with van der Waals surface area (Å²) in [6, 6.07) is 13.2. The van der Waals surface area contributed by atoms with Crippen LogP contribution in [-0.4, -0.2) is 54.0 Å². The number of hydrogen-bond donors (Lipinski definition) is 2. The summed E-state index contributed by atoms with van der Waals surface area (Å²) >= 11 is 0. The number of nitrogens with one attached hydrogen (secondary N) is 2. The molecule has 148 valence electrons. The van der Waals surface area contributed by atoms with Gasteiger partial charge in [0.2, 0.25) is 0 Å². The van der Waals surface area contributed by atoms with Gasteiger partial charge in [0.15, 0.2) is 0 Å². The van der Waals surface area contributed by atoms with Crippen LogP contribution in [0.4, 0.5) is 10.6 Å². The molecule has 1 aromatic carbocycles. The van der Waals surface area contributed by atoms with E-state index in [0.717, 1.165) is 24.5 Å². The fraction of sp³-hybridized carbons (Fsp3) is 0.381. The molecule has 0 atom stereocenters. The van der Waals surface area contributed by atoms with Gasteiger partial charge < -0.3 is 20.4 Å². The van der Waals surface area contributed by atoms with Gasteiger partial charge >= 0.3 is 6.03 Å². The van der Waals surface area contributed by atoms with Gasteiger partial charge in [0.05, 0.1) is 0 Å². The Morgan fingerprint density at radius 1 is 1.04 bits per heavy atom. The van der Waals surface area contributed by atoms with Crippen LogP contribution in [0.1, 0.15) is 29.8 Å². The molecule has 7 heteroatoms. The molecule has 2 N–H and O–H groups in total. The van der Waals surface area contributed by atoms with Gasteiger partial charge in [0.25, 0.3) is 5.91 Å². The standard InChI is InChI=1S/C21H27N5O2/c1-16(2)24-21(28)23-15-17-6-8-18(9-7-17)20(27)26-13-11-25(12-14-26)19-5-3-4-10-22-19/h3-10,16H,11-15H2,1-2H3,(H2,23,24,28). The van der Waals surface area contributed by atoms with Crippen LogP contribution >= 0.6 is 0 Å². The van der Waals surface area contributed by atoms with Crippen molar-refractivity contribution in [2.45, 2.75) is 26.4 Å². The molecule has 0 saturated carbocycles. The molecule has 1 fully saturated rings. The number of carbonyl (C=O) groups excluding carboxylic acids is 2. The third-order valence-electron chi connectivity index (χ3n) is 4.61. The van der Waals surface area contributed by atoms with Gasteiger partial charge in [-0.2, -0.15) is 0 Å². The van der Waals surface area contributed by atoms with Gasteiger partial charge in [-0.3, -0.25) is 4.79 Å². The minimum absolute atomic E-state index is 0.0396. The second kappa shape index (κ2) is 9.21. The highest BCUT2D eigenvalue weighted by Crippen LogP contribution is 2.15. The van der Waals surface area contributed by atoms with Gasteiger partial charge in [-0.1, -0.05) is 18.2 Å². The summed E-state index contributed by atoms with van der Waals surface area (Å²) in [6.07, 6.45) is 1.79. The van der Waals surface area contributed by atoms with Gasteiger partial charge in [-0.25, -0.2) is 9.78 Å². The molecule has 3 rings (SSSR count). The predicted octanol–water partition coefficient (Wildman–Crippen LogP) is 2.25. The molecule has 1 aliphatic heterocycles. The molecule has 28 heavy (non-hydrogen) atoms. The van der Waals surface area contributed by atoms with Crippen molar-refractivity contribution in [3.8, 4) is 0 Å². The summed E-state index contributed by atoms with van der Waals surface area (Å²) in [7, 11) is 0. The van der Waals surface area contributed by atoms with Gasteiger partial charge in [0.1, 0.15) is 5.82 Å². The first kappa shape index (κ1) is 19.7. The van der Waals surface area contributed by atoms with E-state index in [-0.39, 0.29) is 18.0 Å². The zero-order valence-electron chi connectivity index (χ0n) is 16.4. The summed E-state index contributed by atoms with van der Waals surface area (Å²) in [5.74, 6) is 0.991. The van der Waals surface area contributed by atoms with Gasteiger partial charge in [-0.15, -0.1) is 0 Å². The number of pyridine rings is 1. The van der Waals surface area contributed by atoms with Crippen LogP contribution in [0.2, 0.25) is 0 Å². The van der Waals surface area contributed by atoms with Crippen molar-refractivity contribution < 1.29 is 9.59 Å². The molecular weight excluding hydrogens is 354 g/mol. The maximum Gasteiger partial charge on any atom is 0.315 e. The molecular formula is C21H27N5O2. The third kappa shape index (κ3) is 5.22. The lowest BCUT2D eigenvalue weighted by Gasteiger charge is -2.35. The summed E-state index contributed by atoms with van der Waals surface area (Å²) < 4.78 is 0. The Morgan fingerprint density at radius 2 is 1.75 bits per heavy atom. The minimum atomic E-state index is -0.194. The van der Waals surface area contributed by atoms with E-state index in [4.69, 9.17) is 0 Å². The lowest BCUT2D eigenvalue weighted by Crippen LogP contribution is -2.49. The number of rotatable bonds is 5. The average Bonchev–Trinajstić information content (AvgIpc) is 2.72. The SMILES string of the molecule is CC(C)NC(=O)NCc1ccc(C(=O)N2CCN(c3ccccn3)CC2)cc1. The molecule has 1 aliphatic rings. The summed E-state index contributed by atoms with van der Waals surface area (Å²) in [4.78, 5) is 32.8. The highest BCUT2D eigenvalue weighted by molar-refractivity contribution is 5.94. The van der Waals surface area contributed by atoms with Crippen molar-refractivity contribution in [2.24, 2.45) is 0 Å². The Bertz CT molecular complexity index is 784. The van der Waals surface area contributed by atoms with Gasteiger partial charge in [-0.05, 0) is 43.7 Å². The van der Waals surface area contributed by atoms with E-state index < -0.39 is 0 Å². The molecule has 0 bridgehead atoms. The number of urea groups is 1. The first-order valence-electron chi connectivity index (χ1n) is 9.61. The first-order valence-corrected chi connectivity index (χ1v) is 9.61. The number of hydrogen-bond acceptors (Lipinski definition) is 4. The van der Waals surface area contributed by atoms with Crippen molar-refractivity contribution in [1.82, 2.24) is 20.5 Å². The Balaban J connectivity index is 1.50. The quantitative estimate of drug-likeness (QED) is 0.833. The zero-order chi connectivity index (χ0) is 19.9. The van der Waals surface area contributed by atoms with Crippen LogP contribution in [0.5, 0.6) is 0 Å². The number of carbonyl (C=O) groups is 2. The first-order chi connectivity index (χ1) is 13.5. The third-order valence-corrected chi connectivity index (χ3v) is 4.61. The van der Waals surface area contributed by atoms with Crippen molar-refractivity contribution in [3.63, 3.8) is 0 Å². The molecule has 0 aliphatic carbocycles. The lowest BCUT2D eigenvalue weighted by atomic mass is 10.1. The number of benzene rings is 1. The smallest absolute Gasteiger partial charge is 0.315 e. The fourth-order valence-corrected chi connectivity index (χ4v) is 3.12. The molecule has 1 saturated heterocycles. The van der Waals surface area contributed by atoms with E-state index in [1.54, 1.807) is 6.20 Å². The predicted molar refractivity (Wildman–Crippen MR) is 109 cm³/mol. The molecule has 7 nitrogen and oxygen atoms in total. The van der Waals surface area contributed by atoms with Crippen LogP contribution < -0.4 is 15.5 Å². The molecule has 3 amide bonds. The van der Waals surface area contributed by atoms with E-state index in [1.807, 2.05) is 61.2 Å². The maximum absolute atomic E-state index is 12.8. The van der Waals surface area contributed by atoms with Gasteiger partial charge in [0, 0.05) is 50.5 Å². The highest BCUT2D eigenvalue weighted by atomic mass is 16.2. The van der Waals surface area contributed by atoms with Crippen LogP contribution in [0, 0.1) is 0 Å². The summed E-state index contributed by atoms with van der Waals surface area (Å²) in [5.41, 5.74) is 1.62.